The molecule has 6 nitrogen and oxygen atoms in total. The van der Waals surface area contributed by atoms with Crippen molar-refractivity contribution in [3.05, 3.63) is 65.2 Å². The van der Waals surface area contributed by atoms with E-state index in [1.807, 2.05) is 29.6 Å². The van der Waals surface area contributed by atoms with Crippen LogP contribution in [-0.2, 0) is 16.1 Å². The van der Waals surface area contributed by atoms with E-state index in [-0.39, 0.29) is 12.5 Å². The van der Waals surface area contributed by atoms with Crippen LogP contribution in [0.15, 0.2) is 53.9 Å². The minimum atomic E-state index is -0.444. The molecule has 0 aliphatic carbocycles. The van der Waals surface area contributed by atoms with Gasteiger partial charge in [0.25, 0.3) is 0 Å². The van der Waals surface area contributed by atoms with Crippen LogP contribution in [0.2, 0.25) is 0 Å². The van der Waals surface area contributed by atoms with E-state index in [0.717, 1.165) is 16.3 Å². The Morgan fingerprint density at radius 3 is 2.63 bits per heavy atom. The van der Waals surface area contributed by atoms with Crippen molar-refractivity contribution < 1.29 is 19.1 Å². The summed E-state index contributed by atoms with van der Waals surface area (Å²) in [5.41, 5.74) is 2.67. The normalized spacial score (nSPS) is 10.3. The highest BCUT2D eigenvalue weighted by Gasteiger charge is 2.11. The molecule has 0 bridgehead atoms. The Kier molecular flexibility index (Phi) is 5.83. The number of carbonyl (C=O) groups excluding carboxylic acids is 2. The number of esters is 1. The van der Waals surface area contributed by atoms with Gasteiger partial charge in [-0.2, -0.15) is 0 Å². The molecule has 1 heterocycles. The molecule has 1 aromatic heterocycles. The predicted octanol–water partition coefficient (Wildman–Crippen LogP) is 4.13. The van der Waals surface area contributed by atoms with Crippen molar-refractivity contribution in [3.8, 4) is 16.3 Å². The first-order chi connectivity index (χ1) is 13.0. The maximum Gasteiger partial charge on any atom is 0.338 e. The van der Waals surface area contributed by atoms with Crippen LogP contribution in [0.25, 0.3) is 10.6 Å². The molecule has 0 unspecified atom stereocenters. The molecule has 1 amide bonds. The van der Waals surface area contributed by atoms with Gasteiger partial charge >= 0.3 is 5.97 Å². The zero-order valence-electron chi connectivity index (χ0n) is 14.9. The summed E-state index contributed by atoms with van der Waals surface area (Å²) in [6.07, 6.45) is 0. The molecule has 0 spiro atoms. The van der Waals surface area contributed by atoms with Crippen molar-refractivity contribution in [1.29, 1.82) is 0 Å². The van der Waals surface area contributed by atoms with Crippen LogP contribution in [-0.4, -0.2) is 24.0 Å². The van der Waals surface area contributed by atoms with E-state index >= 15 is 0 Å². The Bertz CT molecular complexity index is 951. The predicted molar refractivity (Wildman–Crippen MR) is 104 cm³/mol. The van der Waals surface area contributed by atoms with Gasteiger partial charge in [0.2, 0.25) is 5.91 Å². The summed E-state index contributed by atoms with van der Waals surface area (Å²) in [6, 6.07) is 14.2. The number of benzene rings is 2. The van der Waals surface area contributed by atoms with Gasteiger partial charge < -0.3 is 14.8 Å². The Balaban J connectivity index is 1.61. The first-order valence-electron chi connectivity index (χ1n) is 8.19. The SMILES string of the molecule is COc1cccc(-c2nc(COC(=O)c3ccc(NC(C)=O)cc3)cs2)c1. The summed E-state index contributed by atoms with van der Waals surface area (Å²) in [5.74, 6) is 0.152. The number of nitrogens with zero attached hydrogens (tertiary/aromatic N) is 1. The lowest BCUT2D eigenvalue weighted by Gasteiger charge is -2.05. The van der Waals surface area contributed by atoms with Crippen molar-refractivity contribution in [2.75, 3.05) is 12.4 Å². The molecule has 0 fully saturated rings. The maximum absolute atomic E-state index is 12.2. The second-order valence-electron chi connectivity index (χ2n) is 5.71. The largest absolute Gasteiger partial charge is 0.497 e. The Morgan fingerprint density at radius 1 is 1.15 bits per heavy atom. The maximum atomic E-state index is 12.2. The molecule has 3 aromatic rings. The molecular formula is C20H18N2O4S. The third-order valence-electron chi connectivity index (χ3n) is 3.66. The van der Waals surface area contributed by atoms with Crippen molar-refractivity contribution in [1.82, 2.24) is 4.98 Å². The van der Waals surface area contributed by atoms with E-state index in [1.165, 1.54) is 18.3 Å². The second-order valence-corrected chi connectivity index (χ2v) is 6.57. The molecule has 0 aliphatic rings. The van der Waals surface area contributed by atoms with Gasteiger partial charge in [-0.25, -0.2) is 9.78 Å². The molecule has 138 valence electrons. The number of carbonyl (C=O) groups is 2. The van der Waals surface area contributed by atoms with Crippen LogP contribution in [0, 0.1) is 0 Å². The molecule has 7 heteroatoms. The van der Waals surface area contributed by atoms with Crippen LogP contribution < -0.4 is 10.1 Å². The van der Waals surface area contributed by atoms with E-state index in [1.54, 1.807) is 31.4 Å². The van der Waals surface area contributed by atoms with Gasteiger partial charge in [-0.3, -0.25) is 4.79 Å². The van der Waals surface area contributed by atoms with Gasteiger partial charge in [0.05, 0.1) is 18.4 Å². The third kappa shape index (κ3) is 4.92. The number of thiazole rings is 1. The van der Waals surface area contributed by atoms with Gasteiger partial charge in [-0.05, 0) is 36.4 Å². The number of hydrogen-bond acceptors (Lipinski definition) is 6. The van der Waals surface area contributed by atoms with E-state index < -0.39 is 5.97 Å². The fraction of sp³-hybridized carbons (Fsp3) is 0.150. The number of hydrogen-bond donors (Lipinski definition) is 1. The lowest BCUT2D eigenvalue weighted by Crippen LogP contribution is -2.07. The molecule has 0 saturated carbocycles. The molecule has 2 aromatic carbocycles. The van der Waals surface area contributed by atoms with Gasteiger partial charge in [-0.15, -0.1) is 11.3 Å². The van der Waals surface area contributed by atoms with Crippen molar-refractivity contribution in [2.24, 2.45) is 0 Å². The highest BCUT2D eigenvalue weighted by Crippen LogP contribution is 2.27. The molecular weight excluding hydrogens is 364 g/mol. The summed E-state index contributed by atoms with van der Waals surface area (Å²) >= 11 is 1.48. The Labute approximate surface area is 160 Å². The number of ether oxygens (including phenoxy) is 2. The van der Waals surface area contributed by atoms with Crippen LogP contribution in [0.5, 0.6) is 5.75 Å². The minimum absolute atomic E-state index is 0.0900. The van der Waals surface area contributed by atoms with Crippen molar-refractivity contribution in [2.45, 2.75) is 13.5 Å². The third-order valence-corrected chi connectivity index (χ3v) is 4.60. The number of methoxy groups -OCH3 is 1. The fourth-order valence-electron chi connectivity index (χ4n) is 2.38. The van der Waals surface area contributed by atoms with E-state index in [2.05, 4.69) is 10.3 Å². The number of anilines is 1. The van der Waals surface area contributed by atoms with Crippen molar-refractivity contribution in [3.63, 3.8) is 0 Å². The lowest BCUT2D eigenvalue weighted by atomic mass is 10.2. The van der Waals surface area contributed by atoms with Crippen LogP contribution >= 0.6 is 11.3 Å². The number of aromatic nitrogens is 1. The summed E-state index contributed by atoms with van der Waals surface area (Å²) in [4.78, 5) is 27.7. The number of nitrogens with one attached hydrogen (secondary N) is 1. The molecule has 0 radical (unpaired) electrons. The highest BCUT2D eigenvalue weighted by atomic mass is 32.1. The quantitative estimate of drug-likeness (QED) is 0.649. The number of amides is 1. The molecule has 1 N–H and O–H groups in total. The second kappa shape index (κ2) is 8.46. The van der Waals surface area contributed by atoms with Gasteiger partial charge in [0.15, 0.2) is 0 Å². The fourth-order valence-corrected chi connectivity index (χ4v) is 3.18. The molecule has 27 heavy (non-hydrogen) atoms. The highest BCUT2D eigenvalue weighted by molar-refractivity contribution is 7.13. The standard InChI is InChI=1S/C20H18N2O4S/c1-13(23)21-16-8-6-14(7-9-16)20(24)26-11-17-12-27-19(22-17)15-4-3-5-18(10-15)25-2/h3-10,12H,11H2,1-2H3,(H,21,23). The molecule has 0 aliphatic heterocycles. The smallest absolute Gasteiger partial charge is 0.338 e. The van der Waals surface area contributed by atoms with Gasteiger partial charge in [0, 0.05) is 23.6 Å². The summed E-state index contributed by atoms with van der Waals surface area (Å²) in [6.45, 7) is 1.52. The van der Waals surface area contributed by atoms with E-state index in [4.69, 9.17) is 9.47 Å². The Morgan fingerprint density at radius 2 is 1.93 bits per heavy atom. The minimum Gasteiger partial charge on any atom is -0.497 e. The summed E-state index contributed by atoms with van der Waals surface area (Å²) in [7, 11) is 1.62. The number of rotatable bonds is 6. The first kappa shape index (κ1) is 18.6. The zero-order chi connectivity index (χ0) is 19.2. The monoisotopic (exact) mass is 382 g/mol. The topological polar surface area (TPSA) is 77.5 Å². The van der Waals surface area contributed by atoms with Gasteiger partial charge in [-0.1, -0.05) is 12.1 Å². The summed E-state index contributed by atoms with van der Waals surface area (Å²) in [5, 5.41) is 5.34. The van der Waals surface area contributed by atoms with E-state index in [9.17, 15) is 9.59 Å². The zero-order valence-corrected chi connectivity index (χ0v) is 15.7. The molecule has 3 rings (SSSR count). The van der Waals surface area contributed by atoms with Crippen LogP contribution in [0.1, 0.15) is 23.0 Å². The van der Waals surface area contributed by atoms with Gasteiger partial charge in [0.1, 0.15) is 17.4 Å². The molecule has 0 saturated heterocycles. The van der Waals surface area contributed by atoms with Crippen LogP contribution in [0.4, 0.5) is 5.69 Å². The van der Waals surface area contributed by atoms with Crippen molar-refractivity contribution >= 4 is 28.9 Å². The summed E-state index contributed by atoms with van der Waals surface area (Å²) < 4.78 is 10.5. The lowest BCUT2D eigenvalue weighted by molar-refractivity contribution is -0.114. The average molecular weight is 382 g/mol. The average Bonchev–Trinajstić information content (AvgIpc) is 3.15. The Hall–Kier alpha value is -3.19. The van der Waals surface area contributed by atoms with E-state index in [0.29, 0.717) is 16.9 Å². The first-order valence-corrected chi connectivity index (χ1v) is 9.07. The van der Waals surface area contributed by atoms with Crippen LogP contribution in [0.3, 0.4) is 0 Å². The molecule has 0 atom stereocenters.